The van der Waals surface area contributed by atoms with Gasteiger partial charge in [0.1, 0.15) is 5.92 Å². The van der Waals surface area contributed by atoms with Crippen LogP contribution >= 0.6 is 30.3 Å². The highest BCUT2D eigenvalue weighted by Gasteiger charge is 2.33. The first kappa shape index (κ1) is 18.1. The van der Waals surface area contributed by atoms with Crippen molar-refractivity contribution in [2.24, 2.45) is 5.92 Å². The normalized spacial score (nSPS) is 16.7. The number of fused-ring (bicyclic) bond motifs is 1. The number of rotatable bonds is 4. The number of hydrogen-bond donors (Lipinski definition) is 0. The lowest BCUT2D eigenvalue weighted by atomic mass is 10.1. The second-order valence-corrected chi connectivity index (χ2v) is 7.69. The van der Waals surface area contributed by atoms with E-state index in [1.54, 1.807) is 24.4 Å². The van der Waals surface area contributed by atoms with Crippen LogP contribution < -0.4 is 9.64 Å². The zero-order valence-electron chi connectivity index (χ0n) is 14.3. The molecule has 27 heavy (non-hydrogen) atoms. The quantitative estimate of drug-likeness (QED) is 0.516. The number of nitriles is 1. The highest BCUT2D eigenvalue weighted by atomic mass is 127. The van der Waals surface area contributed by atoms with Gasteiger partial charge in [-0.2, -0.15) is 5.26 Å². The lowest BCUT2D eigenvalue weighted by Gasteiger charge is -2.16. The van der Waals surface area contributed by atoms with Crippen LogP contribution in [0.4, 0.5) is 5.69 Å². The van der Waals surface area contributed by atoms with Gasteiger partial charge in [0.05, 0.1) is 24.6 Å². The van der Waals surface area contributed by atoms with Crippen molar-refractivity contribution in [2.75, 3.05) is 18.6 Å². The van der Waals surface area contributed by atoms with Gasteiger partial charge in [0.25, 0.3) is 0 Å². The number of methoxy groups -OCH3 is 1. The molecule has 0 N–H and O–H groups in total. The molecule has 0 aliphatic carbocycles. The van der Waals surface area contributed by atoms with E-state index in [-0.39, 0.29) is 5.91 Å². The van der Waals surface area contributed by atoms with Crippen molar-refractivity contribution in [1.82, 2.24) is 13.9 Å². The Bertz CT molecular complexity index is 1080. The van der Waals surface area contributed by atoms with Gasteiger partial charge in [0.15, 0.2) is 5.65 Å². The number of carbonyl (C=O) groups is 1. The van der Waals surface area contributed by atoms with Crippen LogP contribution in [-0.2, 0) is 4.79 Å². The lowest BCUT2D eigenvalue weighted by molar-refractivity contribution is -0.118. The summed E-state index contributed by atoms with van der Waals surface area (Å²) in [5.74, 6) is -0.187. The molecule has 0 saturated carbocycles. The van der Waals surface area contributed by atoms with Crippen molar-refractivity contribution in [1.29, 1.82) is 5.26 Å². The summed E-state index contributed by atoms with van der Waals surface area (Å²) in [5.41, 5.74) is 3.44. The topological polar surface area (TPSA) is 84.0 Å². The number of pyridine rings is 2. The molecule has 1 aliphatic heterocycles. The third-order valence-electron chi connectivity index (χ3n) is 4.60. The molecule has 1 amide bonds. The minimum absolute atomic E-state index is 0.146. The highest BCUT2D eigenvalue weighted by molar-refractivity contribution is 14.2. The third-order valence-corrected chi connectivity index (χ3v) is 6.29. The number of amides is 1. The first-order chi connectivity index (χ1) is 13.2. The van der Waals surface area contributed by atoms with Gasteiger partial charge in [-0.25, -0.2) is 9.97 Å². The van der Waals surface area contributed by atoms with Crippen LogP contribution in [0.5, 0.6) is 5.88 Å². The van der Waals surface area contributed by atoms with Gasteiger partial charge >= 0.3 is 0 Å². The number of anilines is 1. The molecule has 1 unspecified atom stereocenters. The molecule has 3 aromatic heterocycles. The minimum Gasteiger partial charge on any atom is -0.481 e. The van der Waals surface area contributed by atoms with Crippen LogP contribution in [0.3, 0.4) is 0 Å². The van der Waals surface area contributed by atoms with Crippen LogP contribution in [0.25, 0.3) is 22.3 Å². The maximum Gasteiger partial charge on any atom is 0.244 e. The Morgan fingerprint density at radius 1 is 1.33 bits per heavy atom. The Morgan fingerprint density at radius 2 is 2.15 bits per heavy atom. The fourth-order valence-corrected chi connectivity index (χ4v) is 4.93. The third kappa shape index (κ3) is 3.02. The molecular weight excluding hydrogens is 477 g/mol. The predicted molar refractivity (Wildman–Crippen MR) is 113 cm³/mol. The van der Waals surface area contributed by atoms with Crippen molar-refractivity contribution in [3.05, 3.63) is 36.7 Å². The highest BCUT2D eigenvalue weighted by Crippen LogP contribution is 2.39. The van der Waals surface area contributed by atoms with Crippen LogP contribution in [-0.4, -0.2) is 33.5 Å². The van der Waals surface area contributed by atoms with Crippen molar-refractivity contribution in [2.45, 2.75) is 6.42 Å². The average Bonchev–Trinajstić information content (AvgIpc) is 3.27. The summed E-state index contributed by atoms with van der Waals surface area (Å²) in [6, 6.07) is 9.72. The molecule has 3 aromatic rings. The predicted octanol–water partition coefficient (Wildman–Crippen LogP) is 3.83. The summed E-state index contributed by atoms with van der Waals surface area (Å²) in [4.78, 5) is 22.9. The van der Waals surface area contributed by atoms with Crippen molar-refractivity contribution in [3.63, 3.8) is 0 Å². The summed E-state index contributed by atoms with van der Waals surface area (Å²) in [6.07, 6.45) is 3.95. The zero-order valence-corrected chi connectivity index (χ0v) is 17.3. The van der Waals surface area contributed by atoms with Gasteiger partial charge in [0.2, 0.25) is 11.8 Å². The van der Waals surface area contributed by atoms with Crippen LogP contribution in [0.2, 0.25) is 0 Å². The van der Waals surface area contributed by atoms with E-state index in [4.69, 9.17) is 10.00 Å². The van der Waals surface area contributed by atoms with Gasteiger partial charge in [-0.3, -0.25) is 8.77 Å². The van der Waals surface area contributed by atoms with E-state index in [9.17, 15) is 4.79 Å². The number of hydrogen-bond acceptors (Lipinski definition) is 6. The van der Waals surface area contributed by atoms with Crippen molar-refractivity contribution >= 4 is 53.0 Å². The molecule has 1 aliphatic rings. The summed E-state index contributed by atoms with van der Waals surface area (Å²) in [7, 11) is 3.09. The van der Waals surface area contributed by atoms with Gasteiger partial charge in [-0.1, -0.05) is 0 Å². The van der Waals surface area contributed by atoms with E-state index in [2.05, 4.69) is 37.2 Å². The fourth-order valence-electron chi connectivity index (χ4n) is 3.29. The summed E-state index contributed by atoms with van der Waals surface area (Å²) < 4.78 is 7.25. The lowest BCUT2D eigenvalue weighted by Crippen LogP contribution is -2.26. The number of ether oxygens (including phenoxy) is 1. The van der Waals surface area contributed by atoms with Gasteiger partial charge < -0.3 is 9.64 Å². The van der Waals surface area contributed by atoms with Crippen LogP contribution in [0, 0.1) is 17.2 Å². The summed E-state index contributed by atoms with van der Waals surface area (Å²) >= 11 is 2.21. The molecule has 1 fully saturated rings. The molecule has 0 aromatic carbocycles. The number of halogens is 1. The fraction of sp³-hybridized carbons (Fsp3) is 0.222. The van der Waals surface area contributed by atoms with E-state index in [1.807, 2.05) is 28.2 Å². The largest absolute Gasteiger partial charge is 0.481 e. The smallest absolute Gasteiger partial charge is 0.244 e. The van der Waals surface area contributed by atoms with Crippen molar-refractivity contribution in [3.8, 4) is 23.2 Å². The molecular formula is C18H14IN5O2S. The molecule has 9 heteroatoms. The second-order valence-electron chi connectivity index (χ2n) is 6.01. The monoisotopic (exact) mass is 491 g/mol. The summed E-state index contributed by atoms with van der Waals surface area (Å²) in [5, 5.41) is 10.0. The Balaban J connectivity index is 1.89. The van der Waals surface area contributed by atoms with Crippen LogP contribution in [0.1, 0.15) is 6.42 Å². The number of carbonyl (C=O) groups excluding carboxylic acids is 1. The van der Waals surface area contributed by atoms with E-state index in [0.29, 0.717) is 18.8 Å². The summed E-state index contributed by atoms with van der Waals surface area (Å²) in [6.45, 7) is 0.539. The van der Waals surface area contributed by atoms with Gasteiger partial charge in [0, 0.05) is 66.3 Å². The van der Waals surface area contributed by atoms with Gasteiger partial charge in [-0.05, 0) is 24.6 Å². The molecule has 1 atom stereocenters. The maximum atomic E-state index is 12.5. The standard InChI is InChI=1S/C18H14IN5O2S/c1-26-16-8-11(2-5-21-16)15-9-13-14(3-6-22-17(13)24(15)27-19)23-7-4-12(10-20)18(23)25/h2-3,5-6,8-9,12H,4,7H2,1H3. The second kappa shape index (κ2) is 7.36. The zero-order chi connectivity index (χ0) is 19.0. The van der Waals surface area contributed by atoms with E-state index in [0.717, 1.165) is 28.0 Å². The molecule has 0 radical (unpaired) electrons. The SMILES string of the molecule is COc1cc(-c2cc3c(N4CCC(C#N)C4=O)ccnc3n2SI)ccn1. The molecule has 1 saturated heterocycles. The molecule has 4 rings (SSSR count). The minimum atomic E-state index is -0.571. The first-order valence-electron chi connectivity index (χ1n) is 8.19. The van der Waals surface area contributed by atoms with E-state index < -0.39 is 5.92 Å². The Hall–Kier alpha value is -2.32. The van der Waals surface area contributed by atoms with Crippen LogP contribution in [0.15, 0.2) is 36.7 Å². The Kier molecular flexibility index (Phi) is 4.92. The molecule has 0 spiro atoms. The molecule has 7 nitrogen and oxygen atoms in total. The molecule has 4 heterocycles. The molecule has 136 valence electrons. The first-order valence-corrected chi connectivity index (χ1v) is 11.5. The molecule has 0 bridgehead atoms. The van der Waals surface area contributed by atoms with Crippen molar-refractivity contribution < 1.29 is 9.53 Å². The maximum absolute atomic E-state index is 12.5. The number of aromatic nitrogens is 3. The average molecular weight is 491 g/mol. The van der Waals surface area contributed by atoms with E-state index >= 15 is 0 Å². The Morgan fingerprint density at radius 3 is 2.85 bits per heavy atom. The number of nitrogens with zero attached hydrogens (tertiary/aromatic N) is 5. The van der Waals surface area contributed by atoms with Gasteiger partial charge in [-0.15, -0.1) is 0 Å². The van der Waals surface area contributed by atoms with E-state index in [1.165, 1.54) is 9.12 Å². The Labute approximate surface area is 172 Å².